The van der Waals surface area contributed by atoms with Crippen LogP contribution in [0.1, 0.15) is 39.5 Å². The molecule has 0 bridgehead atoms. The highest BCUT2D eigenvalue weighted by molar-refractivity contribution is 7.89. The van der Waals surface area contributed by atoms with E-state index in [2.05, 4.69) is 11.6 Å². The van der Waals surface area contributed by atoms with E-state index in [-0.39, 0.29) is 22.6 Å². The minimum atomic E-state index is -3.82. The first-order valence-corrected chi connectivity index (χ1v) is 12.4. The zero-order valence-electron chi connectivity index (χ0n) is 17.5. The molecule has 2 atom stereocenters. The highest BCUT2D eigenvalue weighted by Crippen LogP contribution is 2.24. The van der Waals surface area contributed by atoms with Crippen molar-refractivity contribution in [3.63, 3.8) is 0 Å². The molecule has 2 heterocycles. The van der Waals surface area contributed by atoms with Crippen LogP contribution in [0.2, 0.25) is 5.02 Å². The van der Waals surface area contributed by atoms with Gasteiger partial charge < -0.3 is 9.80 Å². The first-order chi connectivity index (χ1) is 14.2. The fraction of sp³-hybridized carbons (Fsp3) is 0.619. The summed E-state index contributed by atoms with van der Waals surface area (Å²) in [5, 5.41) is 0.439. The van der Waals surface area contributed by atoms with Gasteiger partial charge in [-0.05, 0) is 62.8 Å². The van der Waals surface area contributed by atoms with Gasteiger partial charge in [0.15, 0.2) is 0 Å². The number of nitrogens with one attached hydrogen (secondary N) is 1. The maximum absolute atomic E-state index is 12.8. The Morgan fingerprint density at radius 1 is 1.07 bits per heavy atom. The third kappa shape index (κ3) is 5.53. The fourth-order valence-corrected chi connectivity index (χ4v) is 5.56. The molecule has 0 saturated carbocycles. The summed E-state index contributed by atoms with van der Waals surface area (Å²) in [5.41, 5.74) is 0. The van der Waals surface area contributed by atoms with E-state index in [1.54, 1.807) is 11.8 Å². The minimum absolute atomic E-state index is 0.0552. The molecule has 1 aromatic carbocycles. The van der Waals surface area contributed by atoms with Crippen molar-refractivity contribution in [1.82, 2.24) is 14.5 Å². The van der Waals surface area contributed by atoms with E-state index in [4.69, 9.17) is 11.6 Å². The SMILES string of the molecule is CC1CCCN(C(=O)C2CCN(C(=O)[C@H](C)NS(=O)(=O)c3ccc(Cl)cc3)CC2)C1. The number of hydrogen-bond donors (Lipinski definition) is 1. The van der Waals surface area contributed by atoms with Crippen LogP contribution in [0, 0.1) is 11.8 Å². The molecule has 0 radical (unpaired) electrons. The molecule has 2 saturated heterocycles. The van der Waals surface area contributed by atoms with Gasteiger partial charge in [-0.3, -0.25) is 9.59 Å². The topological polar surface area (TPSA) is 86.8 Å². The number of rotatable bonds is 5. The Labute approximate surface area is 183 Å². The molecule has 1 unspecified atom stereocenters. The molecule has 2 fully saturated rings. The van der Waals surface area contributed by atoms with Crippen LogP contribution in [0.4, 0.5) is 0 Å². The number of carbonyl (C=O) groups excluding carboxylic acids is 2. The molecule has 9 heteroatoms. The average molecular weight is 456 g/mol. The van der Waals surface area contributed by atoms with E-state index in [1.807, 2.05) is 4.90 Å². The molecule has 0 aromatic heterocycles. The zero-order valence-corrected chi connectivity index (χ0v) is 19.1. The lowest BCUT2D eigenvalue weighted by molar-refractivity contribution is -0.142. The number of carbonyl (C=O) groups is 2. The van der Waals surface area contributed by atoms with Crippen molar-refractivity contribution in [2.24, 2.45) is 11.8 Å². The van der Waals surface area contributed by atoms with E-state index in [0.29, 0.717) is 36.9 Å². The third-order valence-corrected chi connectivity index (χ3v) is 7.76. The second-order valence-electron chi connectivity index (χ2n) is 8.43. The van der Waals surface area contributed by atoms with Crippen LogP contribution in [-0.4, -0.2) is 62.3 Å². The number of piperidine rings is 2. The van der Waals surface area contributed by atoms with Crippen molar-refractivity contribution in [1.29, 1.82) is 0 Å². The maximum atomic E-state index is 12.8. The van der Waals surface area contributed by atoms with Crippen LogP contribution < -0.4 is 4.72 Å². The van der Waals surface area contributed by atoms with Gasteiger partial charge in [-0.1, -0.05) is 18.5 Å². The first-order valence-electron chi connectivity index (χ1n) is 10.5. The second kappa shape index (κ2) is 9.66. The van der Waals surface area contributed by atoms with Crippen LogP contribution >= 0.6 is 11.6 Å². The summed E-state index contributed by atoms with van der Waals surface area (Å²) in [6.07, 6.45) is 3.45. The van der Waals surface area contributed by atoms with Crippen LogP contribution in [0.5, 0.6) is 0 Å². The van der Waals surface area contributed by atoms with Crippen LogP contribution in [0.25, 0.3) is 0 Å². The van der Waals surface area contributed by atoms with Crippen LogP contribution in [0.15, 0.2) is 29.2 Å². The lowest BCUT2D eigenvalue weighted by Crippen LogP contribution is -2.51. The summed E-state index contributed by atoms with van der Waals surface area (Å²) >= 11 is 5.81. The Hall–Kier alpha value is -1.64. The van der Waals surface area contributed by atoms with Gasteiger partial charge in [0.1, 0.15) is 0 Å². The largest absolute Gasteiger partial charge is 0.342 e. The molecular weight excluding hydrogens is 426 g/mol. The zero-order chi connectivity index (χ0) is 21.9. The Morgan fingerprint density at radius 2 is 1.70 bits per heavy atom. The Morgan fingerprint density at radius 3 is 2.30 bits per heavy atom. The summed E-state index contributed by atoms with van der Waals surface area (Å²) in [6, 6.07) is 4.91. The smallest absolute Gasteiger partial charge is 0.241 e. The molecule has 1 N–H and O–H groups in total. The normalized spacial score (nSPS) is 22.0. The molecule has 2 aliphatic heterocycles. The monoisotopic (exact) mass is 455 g/mol. The highest BCUT2D eigenvalue weighted by atomic mass is 35.5. The van der Waals surface area contributed by atoms with Crippen LogP contribution in [0.3, 0.4) is 0 Å². The Kier molecular flexibility index (Phi) is 7.42. The lowest BCUT2D eigenvalue weighted by Gasteiger charge is -2.37. The summed E-state index contributed by atoms with van der Waals surface area (Å²) in [5.74, 6) is 0.412. The van der Waals surface area contributed by atoms with Gasteiger partial charge in [0.05, 0.1) is 10.9 Å². The Balaban J connectivity index is 1.53. The number of sulfonamides is 1. The van der Waals surface area contributed by atoms with Gasteiger partial charge in [0.25, 0.3) is 0 Å². The van der Waals surface area contributed by atoms with Crippen molar-refractivity contribution in [2.45, 2.75) is 50.5 Å². The number of benzene rings is 1. The first kappa shape index (κ1) is 23.0. The number of amides is 2. The Bertz CT molecular complexity index is 867. The predicted octanol–water partition coefficient (Wildman–Crippen LogP) is 2.50. The number of halogens is 1. The third-order valence-electron chi connectivity index (χ3n) is 5.95. The van der Waals surface area contributed by atoms with Crippen molar-refractivity contribution in [2.75, 3.05) is 26.2 Å². The molecule has 0 aliphatic carbocycles. The lowest BCUT2D eigenvalue weighted by atomic mass is 9.92. The standard InChI is InChI=1S/C21H30ClN3O4S/c1-15-4-3-11-25(14-15)21(27)17-9-12-24(13-10-17)20(26)16(2)23-30(28,29)19-7-5-18(22)6-8-19/h5-8,15-17,23H,3-4,9-14H2,1-2H3/t15?,16-/m0/s1. The summed E-state index contributed by atoms with van der Waals surface area (Å²) in [7, 11) is -3.82. The maximum Gasteiger partial charge on any atom is 0.241 e. The summed E-state index contributed by atoms with van der Waals surface area (Å²) < 4.78 is 27.5. The summed E-state index contributed by atoms with van der Waals surface area (Å²) in [6.45, 7) is 6.29. The van der Waals surface area contributed by atoms with Crippen molar-refractivity contribution in [3.8, 4) is 0 Å². The molecule has 2 amide bonds. The molecule has 30 heavy (non-hydrogen) atoms. The quantitative estimate of drug-likeness (QED) is 0.739. The number of nitrogens with zero attached hydrogens (tertiary/aromatic N) is 2. The molecular formula is C21H30ClN3O4S. The fourth-order valence-electron chi connectivity index (χ4n) is 4.23. The van der Waals surface area contributed by atoms with Crippen LogP contribution in [-0.2, 0) is 19.6 Å². The van der Waals surface area contributed by atoms with E-state index in [9.17, 15) is 18.0 Å². The van der Waals surface area contributed by atoms with E-state index < -0.39 is 16.1 Å². The van der Waals surface area contributed by atoms with Gasteiger partial charge >= 0.3 is 0 Å². The molecule has 166 valence electrons. The molecule has 7 nitrogen and oxygen atoms in total. The van der Waals surface area contributed by atoms with Crippen molar-refractivity contribution < 1.29 is 18.0 Å². The number of hydrogen-bond acceptors (Lipinski definition) is 4. The highest BCUT2D eigenvalue weighted by Gasteiger charge is 2.33. The molecule has 0 spiro atoms. The van der Waals surface area contributed by atoms with Crippen molar-refractivity contribution >= 4 is 33.4 Å². The van der Waals surface area contributed by atoms with Gasteiger partial charge in [-0.25, -0.2) is 8.42 Å². The van der Waals surface area contributed by atoms with E-state index in [0.717, 1.165) is 19.5 Å². The number of likely N-dealkylation sites (tertiary alicyclic amines) is 2. The molecule has 1 aromatic rings. The van der Waals surface area contributed by atoms with Gasteiger partial charge in [-0.15, -0.1) is 0 Å². The van der Waals surface area contributed by atoms with Gasteiger partial charge in [-0.2, -0.15) is 4.72 Å². The van der Waals surface area contributed by atoms with E-state index in [1.165, 1.54) is 30.7 Å². The minimum Gasteiger partial charge on any atom is -0.342 e. The van der Waals surface area contributed by atoms with Crippen molar-refractivity contribution in [3.05, 3.63) is 29.3 Å². The summed E-state index contributed by atoms with van der Waals surface area (Å²) in [4.78, 5) is 29.2. The molecule has 3 rings (SSSR count). The molecule has 2 aliphatic rings. The average Bonchev–Trinajstić information content (AvgIpc) is 2.73. The predicted molar refractivity (Wildman–Crippen MR) is 116 cm³/mol. The van der Waals surface area contributed by atoms with Gasteiger partial charge in [0, 0.05) is 37.1 Å². The van der Waals surface area contributed by atoms with E-state index >= 15 is 0 Å². The van der Waals surface area contributed by atoms with Gasteiger partial charge in [0.2, 0.25) is 21.8 Å². The second-order valence-corrected chi connectivity index (χ2v) is 10.6.